The fraction of sp³-hybridized carbons (Fsp3) is 0.312. The van der Waals surface area contributed by atoms with Crippen molar-refractivity contribution < 1.29 is 19.1 Å². The summed E-state index contributed by atoms with van der Waals surface area (Å²) in [5.74, 6) is -0.699. The number of fused-ring (bicyclic) bond motifs is 1. The van der Waals surface area contributed by atoms with Crippen molar-refractivity contribution in [3.63, 3.8) is 0 Å². The van der Waals surface area contributed by atoms with Gasteiger partial charge in [-0.05, 0) is 49.9 Å². The average molecular weight is 513 g/mol. The summed E-state index contributed by atoms with van der Waals surface area (Å²) in [7, 11) is 1.43. The zero-order valence-corrected chi connectivity index (χ0v) is 22.6. The minimum Gasteiger partial charge on any atom is -0.469 e. The first kappa shape index (κ1) is 27.1. The molecule has 0 spiro atoms. The van der Waals surface area contributed by atoms with Crippen LogP contribution < -0.4 is 0 Å². The van der Waals surface area contributed by atoms with Crippen molar-refractivity contribution in [1.82, 2.24) is 9.47 Å². The van der Waals surface area contributed by atoms with E-state index in [1.54, 1.807) is 6.20 Å². The van der Waals surface area contributed by atoms with Gasteiger partial charge in [-0.2, -0.15) is 0 Å². The molecule has 198 valence electrons. The zero-order valence-electron chi connectivity index (χ0n) is 22.6. The van der Waals surface area contributed by atoms with Gasteiger partial charge in [0.1, 0.15) is 5.60 Å². The van der Waals surface area contributed by atoms with E-state index in [-0.39, 0.29) is 5.97 Å². The fourth-order valence-electron chi connectivity index (χ4n) is 4.71. The molecule has 0 aliphatic rings. The number of benzene rings is 3. The average Bonchev–Trinajstić information content (AvgIpc) is 3.26. The Kier molecular flexibility index (Phi) is 8.64. The lowest BCUT2D eigenvalue weighted by molar-refractivity contribution is -0.146. The first-order chi connectivity index (χ1) is 18.2. The second-order valence-corrected chi connectivity index (χ2v) is 10.6. The third-order valence-corrected chi connectivity index (χ3v) is 6.36. The Morgan fingerprint density at radius 3 is 1.95 bits per heavy atom. The minimum atomic E-state index is -0.619. The zero-order chi connectivity index (χ0) is 27.1. The largest absolute Gasteiger partial charge is 0.469 e. The van der Waals surface area contributed by atoms with Crippen LogP contribution in [0.5, 0.6) is 0 Å². The number of rotatable bonds is 9. The molecule has 6 heteroatoms. The van der Waals surface area contributed by atoms with Gasteiger partial charge in [-0.1, -0.05) is 78.9 Å². The number of ether oxygens (including phenoxy) is 2. The van der Waals surface area contributed by atoms with Crippen molar-refractivity contribution in [2.45, 2.75) is 45.9 Å². The van der Waals surface area contributed by atoms with Crippen molar-refractivity contribution >= 4 is 23.0 Å². The first-order valence-electron chi connectivity index (χ1n) is 12.9. The third kappa shape index (κ3) is 7.11. The lowest BCUT2D eigenvalue weighted by atomic mass is 9.97. The van der Waals surface area contributed by atoms with Crippen LogP contribution in [0.2, 0.25) is 0 Å². The van der Waals surface area contributed by atoms with Gasteiger partial charge in [-0.3, -0.25) is 14.3 Å². The molecule has 0 aliphatic heterocycles. The number of esters is 1. The van der Waals surface area contributed by atoms with Crippen LogP contribution in [0.3, 0.4) is 0 Å². The Labute approximate surface area is 224 Å². The maximum Gasteiger partial charge on any atom is 0.419 e. The van der Waals surface area contributed by atoms with Gasteiger partial charge in [0.2, 0.25) is 0 Å². The van der Waals surface area contributed by atoms with Crippen molar-refractivity contribution in [1.29, 1.82) is 0 Å². The van der Waals surface area contributed by atoms with E-state index < -0.39 is 17.6 Å². The van der Waals surface area contributed by atoms with Crippen LogP contribution in [-0.4, -0.2) is 40.8 Å². The summed E-state index contributed by atoms with van der Waals surface area (Å²) in [5.41, 5.74) is 3.39. The summed E-state index contributed by atoms with van der Waals surface area (Å²) >= 11 is 0. The van der Waals surface area contributed by atoms with Gasteiger partial charge in [-0.25, -0.2) is 4.79 Å². The van der Waals surface area contributed by atoms with Crippen LogP contribution in [-0.2, 0) is 33.8 Å². The Balaban J connectivity index is 1.64. The van der Waals surface area contributed by atoms with E-state index in [9.17, 15) is 9.59 Å². The maximum absolute atomic E-state index is 13.1. The molecule has 0 amide bonds. The molecule has 6 nitrogen and oxygen atoms in total. The standard InChI is InChI=1S/C32H36N2O4/c1-32(2,3)38-31(36)34-23-26(28-17-11-12-18-29(28)34)19-27(30(35)37-4)22-33(20-24-13-7-5-8-14-24)21-25-15-9-6-10-16-25/h5-18,23,27H,19-22H2,1-4H3. The second kappa shape index (κ2) is 12.1. The number of aromatic nitrogens is 1. The topological polar surface area (TPSA) is 60.8 Å². The lowest BCUT2D eigenvalue weighted by Gasteiger charge is -2.27. The van der Waals surface area contributed by atoms with Gasteiger partial charge in [0.25, 0.3) is 0 Å². The molecule has 38 heavy (non-hydrogen) atoms. The summed E-state index contributed by atoms with van der Waals surface area (Å²) in [6, 6.07) is 28.2. The van der Waals surface area contributed by atoms with E-state index in [0.29, 0.717) is 26.1 Å². The Hall–Kier alpha value is -3.90. The molecule has 0 aliphatic carbocycles. The molecule has 4 aromatic rings. The molecule has 0 saturated heterocycles. The normalized spacial score (nSPS) is 12.4. The fourth-order valence-corrected chi connectivity index (χ4v) is 4.71. The highest BCUT2D eigenvalue weighted by Crippen LogP contribution is 2.26. The predicted octanol–water partition coefficient (Wildman–Crippen LogP) is 6.46. The Morgan fingerprint density at radius 1 is 0.842 bits per heavy atom. The van der Waals surface area contributed by atoms with Crippen LogP contribution >= 0.6 is 0 Å². The van der Waals surface area contributed by atoms with E-state index >= 15 is 0 Å². The molecular weight excluding hydrogens is 476 g/mol. The number of para-hydroxylation sites is 1. The van der Waals surface area contributed by atoms with Crippen LogP contribution in [0.4, 0.5) is 4.79 Å². The highest BCUT2D eigenvalue weighted by Gasteiger charge is 2.27. The second-order valence-electron chi connectivity index (χ2n) is 10.6. The Bertz CT molecular complexity index is 1320. The number of hydrogen-bond acceptors (Lipinski definition) is 5. The number of hydrogen-bond donors (Lipinski definition) is 0. The van der Waals surface area contributed by atoms with Crippen LogP contribution in [0, 0.1) is 5.92 Å². The number of nitrogens with zero attached hydrogens (tertiary/aromatic N) is 2. The van der Waals surface area contributed by atoms with Crippen LogP contribution in [0.15, 0.2) is 91.1 Å². The molecule has 0 fully saturated rings. The van der Waals surface area contributed by atoms with E-state index in [2.05, 4.69) is 29.2 Å². The van der Waals surface area contributed by atoms with Gasteiger partial charge in [-0.15, -0.1) is 0 Å². The van der Waals surface area contributed by atoms with Gasteiger partial charge >= 0.3 is 12.1 Å². The quantitative estimate of drug-likeness (QED) is 0.241. The maximum atomic E-state index is 13.1. The van der Waals surface area contributed by atoms with E-state index in [1.807, 2.05) is 81.4 Å². The lowest BCUT2D eigenvalue weighted by Crippen LogP contribution is -2.34. The molecule has 0 N–H and O–H groups in total. The molecule has 0 bridgehead atoms. The monoisotopic (exact) mass is 512 g/mol. The molecule has 1 heterocycles. The number of carbonyl (C=O) groups is 2. The predicted molar refractivity (Wildman–Crippen MR) is 150 cm³/mol. The summed E-state index contributed by atoms with van der Waals surface area (Å²) in [6.45, 7) is 7.44. The minimum absolute atomic E-state index is 0.273. The third-order valence-electron chi connectivity index (χ3n) is 6.36. The van der Waals surface area contributed by atoms with E-state index in [0.717, 1.165) is 16.5 Å². The number of carbonyl (C=O) groups excluding carboxylic acids is 2. The van der Waals surface area contributed by atoms with Crippen molar-refractivity contribution in [3.05, 3.63) is 108 Å². The molecule has 0 radical (unpaired) electrons. The van der Waals surface area contributed by atoms with Crippen molar-refractivity contribution in [2.24, 2.45) is 5.92 Å². The van der Waals surface area contributed by atoms with Gasteiger partial charge in [0.15, 0.2) is 0 Å². The van der Waals surface area contributed by atoms with Crippen molar-refractivity contribution in [2.75, 3.05) is 13.7 Å². The van der Waals surface area contributed by atoms with Gasteiger partial charge < -0.3 is 9.47 Å². The summed E-state index contributed by atoms with van der Waals surface area (Å²) in [5, 5.41) is 0.921. The molecule has 4 rings (SSSR count). The summed E-state index contributed by atoms with van der Waals surface area (Å²) in [4.78, 5) is 28.3. The molecule has 1 unspecified atom stereocenters. The smallest absolute Gasteiger partial charge is 0.419 e. The molecule has 0 saturated carbocycles. The summed E-state index contributed by atoms with van der Waals surface area (Å²) < 4.78 is 12.4. The van der Waals surface area contributed by atoms with E-state index in [1.165, 1.54) is 22.8 Å². The highest BCUT2D eigenvalue weighted by atomic mass is 16.6. The molecule has 1 atom stereocenters. The van der Waals surface area contributed by atoms with Crippen LogP contribution in [0.1, 0.15) is 37.5 Å². The van der Waals surface area contributed by atoms with Crippen molar-refractivity contribution in [3.8, 4) is 0 Å². The van der Waals surface area contributed by atoms with E-state index in [4.69, 9.17) is 9.47 Å². The first-order valence-corrected chi connectivity index (χ1v) is 12.9. The van der Waals surface area contributed by atoms with Gasteiger partial charge in [0.05, 0.1) is 18.5 Å². The Morgan fingerprint density at radius 2 is 1.39 bits per heavy atom. The molecular formula is C32H36N2O4. The SMILES string of the molecule is COC(=O)C(Cc1cn(C(=O)OC(C)(C)C)c2ccccc12)CN(Cc1ccccc1)Cc1ccccc1. The number of methoxy groups -OCH3 is 1. The summed E-state index contributed by atoms with van der Waals surface area (Å²) in [6.07, 6.45) is 1.79. The molecule has 3 aromatic carbocycles. The van der Waals surface area contributed by atoms with Gasteiger partial charge in [0, 0.05) is 31.2 Å². The highest BCUT2D eigenvalue weighted by molar-refractivity contribution is 5.92. The molecule has 1 aromatic heterocycles. The van der Waals surface area contributed by atoms with Crippen LogP contribution in [0.25, 0.3) is 10.9 Å².